The van der Waals surface area contributed by atoms with Gasteiger partial charge in [-0.3, -0.25) is 0 Å². The molecule has 0 aromatic carbocycles. The Kier molecular flexibility index (Phi) is 7.13. The van der Waals surface area contributed by atoms with Gasteiger partial charge in [-0.25, -0.2) is 8.42 Å². The van der Waals surface area contributed by atoms with Crippen molar-refractivity contribution in [2.45, 2.75) is 20.3 Å². The maximum Gasteiger partial charge on any atom is 0.147 e. The monoisotopic (exact) mass is 237 g/mol. The van der Waals surface area contributed by atoms with Crippen molar-refractivity contribution >= 4 is 9.84 Å². The molecule has 92 valence electrons. The van der Waals surface area contributed by atoms with E-state index in [1.54, 1.807) is 0 Å². The maximum atomic E-state index is 11.1. The minimum Gasteiger partial charge on any atom is -0.395 e. The van der Waals surface area contributed by atoms with Crippen LogP contribution in [0.5, 0.6) is 0 Å². The molecular formula is C10H23NO3S. The molecule has 0 aliphatic rings. The fraction of sp³-hybridized carbons (Fsp3) is 1.00. The Labute approximate surface area is 93.2 Å². The van der Waals surface area contributed by atoms with E-state index in [1.807, 2.05) is 6.92 Å². The predicted molar refractivity (Wildman–Crippen MR) is 62.7 cm³/mol. The van der Waals surface area contributed by atoms with Crippen molar-refractivity contribution < 1.29 is 13.5 Å². The molecule has 0 aliphatic heterocycles. The van der Waals surface area contributed by atoms with E-state index < -0.39 is 9.84 Å². The number of aliphatic hydroxyl groups excluding tert-OH is 1. The van der Waals surface area contributed by atoms with Crippen molar-refractivity contribution in [2.75, 3.05) is 38.2 Å². The molecule has 0 radical (unpaired) electrons. The molecule has 0 rings (SSSR count). The van der Waals surface area contributed by atoms with Gasteiger partial charge in [0.25, 0.3) is 0 Å². The number of sulfone groups is 1. The van der Waals surface area contributed by atoms with Gasteiger partial charge in [-0.15, -0.1) is 0 Å². The molecule has 5 heteroatoms. The van der Waals surface area contributed by atoms with Gasteiger partial charge in [0.05, 0.1) is 12.4 Å². The molecule has 0 fully saturated rings. The second-order valence-corrected chi connectivity index (χ2v) is 6.41. The van der Waals surface area contributed by atoms with Crippen LogP contribution in [0.3, 0.4) is 0 Å². The normalized spacial score (nSPS) is 14.5. The van der Waals surface area contributed by atoms with Crippen LogP contribution in [0.4, 0.5) is 0 Å². The van der Waals surface area contributed by atoms with Crippen LogP contribution in [-0.2, 0) is 9.84 Å². The molecule has 0 bridgehead atoms. The average Bonchev–Trinajstić information content (AvgIpc) is 2.00. The zero-order valence-electron chi connectivity index (χ0n) is 9.94. The molecule has 0 heterocycles. The zero-order valence-corrected chi connectivity index (χ0v) is 10.8. The lowest BCUT2D eigenvalue weighted by Crippen LogP contribution is -2.34. The molecular weight excluding hydrogens is 214 g/mol. The van der Waals surface area contributed by atoms with E-state index in [0.717, 1.165) is 19.5 Å². The van der Waals surface area contributed by atoms with Gasteiger partial charge < -0.3 is 10.0 Å². The number of rotatable bonds is 8. The summed E-state index contributed by atoms with van der Waals surface area (Å²) in [5, 5.41) is 8.85. The predicted octanol–water partition coefficient (Wildman–Crippen LogP) is 0.371. The van der Waals surface area contributed by atoms with Gasteiger partial charge in [-0.05, 0) is 18.9 Å². The van der Waals surface area contributed by atoms with Gasteiger partial charge in [0, 0.05) is 19.3 Å². The first-order valence-corrected chi connectivity index (χ1v) is 7.46. The maximum absolute atomic E-state index is 11.1. The lowest BCUT2D eigenvalue weighted by atomic mass is 10.2. The SMILES string of the molecule is CCCN(CCO)CC(C)CS(C)(=O)=O. The Morgan fingerprint density at radius 3 is 2.33 bits per heavy atom. The first-order valence-electron chi connectivity index (χ1n) is 5.40. The van der Waals surface area contributed by atoms with Crippen molar-refractivity contribution in [3.05, 3.63) is 0 Å². The van der Waals surface area contributed by atoms with E-state index in [-0.39, 0.29) is 18.3 Å². The third-order valence-corrected chi connectivity index (χ3v) is 3.29. The fourth-order valence-corrected chi connectivity index (χ4v) is 2.90. The summed E-state index contributed by atoms with van der Waals surface area (Å²) in [4.78, 5) is 2.11. The van der Waals surface area contributed by atoms with Crippen LogP contribution < -0.4 is 0 Å². The standard InChI is InChI=1S/C10H23NO3S/c1-4-5-11(6-7-12)8-10(2)9-15(3,13)14/h10,12H,4-9H2,1-3H3. The first kappa shape index (κ1) is 14.9. The number of aliphatic hydroxyl groups is 1. The van der Waals surface area contributed by atoms with Gasteiger partial charge in [-0.2, -0.15) is 0 Å². The Morgan fingerprint density at radius 1 is 1.33 bits per heavy atom. The highest BCUT2D eigenvalue weighted by atomic mass is 32.2. The highest BCUT2D eigenvalue weighted by Crippen LogP contribution is 2.04. The van der Waals surface area contributed by atoms with E-state index in [4.69, 9.17) is 5.11 Å². The van der Waals surface area contributed by atoms with Crippen molar-refractivity contribution in [2.24, 2.45) is 5.92 Å². The van der Waals surface area contributed by atoms with Gasteiger partial charge >= 0.3 is 0 Å². The molecule has 1 atom stereocenters. The lowest BCUT2D eigenvalue weighted by Gasteiger charge is -2.23. The number of nitrogens with zero attached hydrogens (tertiary/aromatic N) is 1. The van der Waals surface area contributed by atoms with E-state index in [0.29, 0.717) is 6.54 Å². The van der Waals surface area contributed by atoms with E-state index in [2.05, 4.69) is 11.8 Å². The van der Waals surface area contributed by atoms with Crippen LogP contribution >= 0.6 is 0 Å². The Bertz CT molecular complexity index is 245. The molecule has 1 unspecified atom stereocenters. The summed E-state index contributed by atoms with van der Waals surface area (Å²) in [6.07, 6.45) is 2.28. The van der Waals surface area contributed by atoms with Crippen molar-refractivity contribution in [3.8, 4) is 0 Å². The Hall–Kier alpha value is -0.130. The first-order chi connectivity index (χ1) is 6.89. The molecule has 0 spiro atoms. The van der Waals surface area contributed by atoms with Crippen molar-refractivity contribution in [1.82, 2.24) is 4.90 Å². The van der Waals surface area contributed by atoms with Crippen LogP contribution in [0.25, 0.3) is 0 Å². The summed E-state index contributed by atoms with van der Waals surface area (Å²) in [6.45, 7) is 6.41. The summed E-state index contributed by atoms with van der Waals surface area (Å²) in [7, 11) is -2.89. The highest BCUT2D eigenvalue weighted by molar-refractivity contribution is 7.90. The Balaban J connectivity index is 4.04. The van der Waals surface area contributed by atoms with Gasteiger partial charge in [0.1, 0.15) is 9.84 Å². The van der Waals surface area contributed by atoms with E-state index in [1.165, 1.54) is 6.26 Å². The third-order valence-electron chi connectivity index (χ3n) is 2.11. The fourth-order valence-electron chi connectivity index (χ4n) is 1.76. The highest BCUT2D eigenvalue weighted by Gasteiger charge is 2.13. The summed E-state index contributed by atoms with van der Waals surface area (Å²) in [5.74, 6) is 0.344. The van der Waals surface area contributed by atoms with Gasteiger partial charge in [0.2, 0.25) is 0 Å². The van der Waals surface area contributed by atoms with Crippen molar-refractivity contribution in [3.63, 3.8) is 0 Å². The van der Waals surface area contributed by atoms with Crippen LogP contribution in [0.15, 0.2) is 0 Å². The average molecular weight is 237 g/mol. The van der Waals surface area contributed by atoms with Gasteiger partial charge in [-0.1, -0.05) is 13.8 Å². The van der Waals surface area contributed by atoms with E-state index >= 15 is 0 Å². The second kappa shape index (κ2) is 7.19. The molecule has 0 aliphatic carbocycles. The van der Waals surface area contributed by atoms with Crippen LogP contribution in [0, 0.1) is 5.92 Å². The molecule has 0 aromatic rings. The molecule has 15 heavy (non-hydrogen) atoms. The quantitative estimate of drug-likeness (QED) is 0.663. The van der Waals surface area contributed by atoms with Crippen LogP contribution in [-0.4, -0.2) is 56.7 Å². The molecule has 0 saturated heterocycles. The van der Waals surface area contributed by atoms with Crippen LogP contribution in [0.1, 0.15) is 20.3 Å². The summed E-state index contributed by atoms with van der Waals surface area (Å²) in [5.41, 5.74) is 0. The topological polar surface area (TPSA) is 57.6 Å². The Morgan fingerprint density at radius 2 is 1.93 bits per heavy atom. The minimum atomic E-state index is -2.89. The molecule has 0 aromatic heterocycles. The number of hydrogen-bond acceptors (Lipinski definition) is 4. The number of hydrogen-bond donors (Lipinski definition) is 1. The third kappa shape index (κ3) is 8.84. The molecule has 0 saturated carbocycles. The minimum absolute atomic E-state index is 0.123. The van der Waals surface area contributed by atoms with E-state index in [9.17, 15) is 8.42 Å². The van der Waals surface area contributed by atoms with Gasteiger partial charge in [0.15, 0.2) is 0 Å². The largest absolute Gasteiger partial charge is 0.395 e. The van der Waals surface area contributed by atoms with Crippen molar-refractivity contribution in [1.29, 1.82) is 0 Å². The molecule has 1 N–H and O–H groups in total. The molecule has 0 amide bonds. The lowest BCUT2D eigenvalue weighted by molar-refractivity contribution is 0.182. The van der Waals surface area contributed by atoms with Crippen LogP contribution in [0.2, 0.25) is 0 Å². The second-order valence-electron chi connectivity index (χ2n) is 4.22. The summed E-state index contributed by atoms with van der Waals surface area (Å²) in [6, 6.07) is 0. The zero-order chi connectivity index (χ0) is 11.9. The summed E-state index contributed by atoms with van der Waals surface area (Å²) < 4.78 is 22.1. The summed E-state index contributed by atoms with van der Waals surface area (Å²) >= 11 is 0. The molecule has 4 nitrogen and oxygen atoms in total. The smallest absolute Gasteiger partial charge is 0.147 e.